The number of nitrogens with one attached hydrogen (secondary N) is 1. The van der Waals surface area contributed by atoms with E-state index < -0.39 is 10.0 Å². The molecule has 3 N–H and O–H groups in total. The van der Waals surface area contributed by atoms with E-state index in [1.165, 1.54) is 25.7 Å². The predicted molar refractivity (Wildman–Crippen MR) is 85.0 cm³/mol. The van der Waals surface area contributed by atoms with Gasteiger partial charge in [-0.3, -0.25) is 0 Å². The normalized spacial score (nSPS) is 29.7. The fourth-order valence-corrected chi connectivity index (χ4v) is 5.66. The minimum atomic E-state index is -3.31. The van der Waals surface area contributed by atoms with Gasteiger partial charge in [-0.2, -0.15) is 0 Å². The van der Waals surface area contributed by atoms with Crippen molar-refractivity contribution >= 4 is 15.7 Å². The van der Waals surface area contributed by atoms with Crippen molar-refractivity contribution in [2.24, 2.45) is 17.8 Å². The minimum Gasteiger partial charge on any atom is -0.399 e. The molecule has 1 aromatic carbocycles. The number of nitrogen functional groups attached to an aromatic ring is 1. The van der Waals surface area contributed by atoms with Gasteiger partial charge in [0, 0.05) is 11.7 Å². The molecule has 21 heavy (non-hydrogen) atoms. The quantitative estimate of drug-likeness (QED) is 0.821. The van der Waals surface area contributed by atoms with Gasteiger partial charge in [-0.05, 0) is 61.6 Å². The van der Waals surface area contributed by atoms with Crippen LogP contribution in [0.15, 0.2) is 24.3 Å². The van der Waals surface area contributed by atoms with E-state index in [1.807, 2.05) is 6.92 Å². The zero-order chi connectivity index (χ0) is 15.0. The lowest BCUT2D eigenvalue weighted by Crippen LogP contribution is -2.40. The smallest absolute Gasteiger partial charge is 0.216 e. The number of anilines is 1. The summed E-state index contributed by atoms with van der Waals surface area (Å²) in [5.74, 6) is 2.07. The molecule has 2 aliphatic rings. The molecule has 3 rings (SSSR count). The van der Waals surface area contributed by atoms with Gasteiger partial charge in [0.15, 0.2) is 0 Å². The molecule has 0 aromatic heterocycles. The number of fused-ring (bicyclic) bond motifs is 2. The first-order valence-corrected chi connectivity index (χ1v) is 9.42. The van der Waals surface area contributed by atoms with Crippen molar-refractivity contribution in [2.45, 2.75) is 44.4 Å². The van der Waals surface area contributed by atoms with Crippen LogP contribution in [0.3, 0.4) is 0 Å². The molecular formula is C16H24N2O2S. The molecule has 2 saturated carbocycles. The van der Waals surface area contributed by atoms with E-state index in [2.05, 4.69) is 4.72 Å². The molecule has 0 amide bonds. The third kappa shape index (κ3) is 3.40. The highest BCUT2D eigenvalue weighted by molar-refractivity contribution is 7.88. The third-order valence-electron chi connectivity index (χ3n) is 5.11. The van der Waals surface area contributed by atoms with E-state index in [4.69, 9.17) is 5.73 Å². The number of rotatable bonds is 5. The maximum absolute atomic E-state index is 12.3. The molecular weight excluding hydrogens is 284 g/mol. The first kappa shape index (κ1) is 14.9. The van der Waals surface area contributed by atoms with Crippen molar-refractivity contribution in [3.63, 3.8) is 0 Å². The topological polar surface area (TPSA) is 72.2 Å². The van der Waals surface area contributed by atoms with Crippen LogP contribution in [0.25, 0.3) is 0 Å². The van der Waals surface area contributed by atoms with Crippen molar-refractivity contribution in [2.75, 3.05) is 5.73 Å². The van der Waals surface area contributed by atoms with E-state index in [-0.39, 0.29) is 11.8 Å². The highest BCUT2D eigenvalue weighted by Crippen LogP contribution is 2.49. The monoisotopic (exact) mass is 308 g/mol. The van der Waals surface area contributed by atoms with Crippen molar-refractivity contribution in [3.05, 3.63) is 29.8 Å². The van der Waals surface area contributed by atoms with Crippen LogP contribution in [0, 0.1) is 17.8 Å². The Morgan fingerprint density at radius 2 is 2.14 bits per heavy atom. The second kappa shape index (κ2) is 5.61. The summed E-state index contributed by atoms with van der Waals surface area (Å²) in [6, 6.07) is 7.12. The van der Waals surface area contributed by atoms with Gasteiger partial charge in [0.2, 0.25) is 10.0 Å². The van der Waals surface area contributed by atoms with Crippen LogP contribution in [0.1, 0.15) is 38.2 Å². The van der Waals surface area contributed by atoms with E-state index in [1.54, 1.807) is 24.3 Å². The van der Waals surface area contributed by atoms with Gasteiger partial charge in [0.25, 0.3) is 0 Å². The maximum atomic E-state index is 12.3. The molecule has 2 aliphatic carbocycles. The molecule has 0 radical (unpaired) electrons. The van der Waals surface area contributed by atoms with Crippen molar-refractivity contribution in [3.8, 4) is 0 Å². The number of hydrogen-bond donors (Lipinski definition) is 2. The summed E-state index contributed by atoms with van der Waals surface area (Å²) in [6.07, 6.45) is 5.10. The van der Waals surface area contributed by atoms with E-state index in [9.17, 15) is 8.42 Å². The summed E-state index contributed by atoms with van der Waals surface area (Å²) in [4.78, 5) is 0. The number of hydrogen-bond acceptors (Lipinski definition) is 3. The second-order valence-corrected chi connectivity index (χ2v) is 8.50. The molecule has 1 aromatic rings. The van der Waals surface area contributed by atoms with Crippen molar-refractivity contribution in [1.82, 2.24) is 4.72 Å². The molecule has 2 fully saturated rings. The lowest BCUT2D eigenvalue weighted by Gasteiger charge is -2.28. The number of nitrogens with two attached hydrogens (primary N) is 1. The summed E-state index contributed by atoms with van der Waals surface area (Å²) in [6.45, 7) is 2.02. The van der Waals surface area contributed by atoms with E-state index in [0.29, 0.717) is 11.6 Å². The SMILES string of the molecule is CC(NS(=O)(=O)Cc1cccc(N)c1)C1CC2CCC1C2. The summed E-state index contributed by atoms with van der Waals surface area (Å²) >= 11 is 0. The molecule has 4 atom stereocenters. The molecule has 4 unspecified atom stereocenters. The average molecular weight is 308 g/mol. The molecule has 5 heteroatoms. The Bertz CT molecular complexity index is 614. The fraction of sp³-hybridized carbons (Fsp3) is 0.625. The summed E-state index contributed by atoms with van der Waals surface area (Å²) < 4.78 is 27.5. The summed E-state index contributed by atoms with van der Waals surface area (Å²) in [5.41, 5.74) is 7.04. The predicted octanol–water partition coefficient (Wildman–Crippen LogP) is 2.51. The van der Waals surface area contributed by atoms with Gasteiger partial charge in [-0.25, -0.2) is 13.1 Å². The minimum absolute atomic E-state index is 0.00317. The first-order chi connectivity index (χ1) is 9.93. The zero-order valence-electron chi connectivity index (χ0n) is 12.5. The van der Waals surface area contributed by atoms with Crippen molar-refractivity contribution in [1.29, 1.82) is 0 Å². The van der Waals surface area contributed by atoms with Gasteiger partial charge >= 0.3 is 0 Å². The Labute approximate surface area is 127 Å². The molecule has 0 heterocycles. The Hall–Kier alpha value is -1.07. The molecule has 0 spiro atoms. The van der Waals surface area contributed by atoms with Gasteiger partial charge in [-0.1, -0.05) is 18.6 Å². The van der Waals surface area contributed by atoms with Gasteiger partial charge in [0.05, 0.1) is 5.75 Å². The average Bonchev–Trinajstić information content (AvgIpc) is 2.99. The van der Waals surface area contributed by atoms with Gasteiger partial charge in [0.1, 0.15) is 0 Å². The number of benzene rings is 1. The zero-order valence-corrected chi connectivity index (χ0v) is 13.3. The van der Waals surface area contributed by atoms with Crippen molar-refractivity contribution < 1.29 is 8.42 Å². The second-order valence-electron chi connectivity index (χ2n) is 6.75. The van der Waals surface area contributed by atoms with Gasteiger partial charge in [-0.15, -0.1) is 0 Å². The van der Waals surface area contributed by atoms with E-state index in [0.717, 1.165) is 17.4 Å². The Morgan fingerprint density at radius 1 is 1.33 bits per heavy atom. The first-order valence-electron chi connectivity index (χ1n) is 7.77. The maximum Gasteiger partial charge on any atom is 0.216 e. The molecule has 116 valence electrons. The highest BCUT2D eigenvalue weighted by Gasteiger charge is 2.42. The van der Waals surface area contributed by atoms with Crippen LogP contribution >= 0.6 is 0 Å². The lowest BCUT2D eigenvalue weighted by atomic mass is 9.84. The Morgan fingerprint density at radius 3 is 2.76 bits per heavy atom. The Balaban J connectivity index is 1.63. The van der Waals surface area contributed by atoms with Crippen LogP contribution in [0.5, 0.6) is 0 Å². The van der Waals surface area contributed by atoms with Gasteiger partial charge < -0.3 is 5.73 Å². The standard InChI is InChI=1S/C16H24N2O2S/c1-11(16-9-12-5-6-14(16)7-12)18-21(19,20)10-13-3-2-4-15(17)8-13/h2-4,8,11-12,14,16,18H,5-7,9-10,17H2,1H3. The van der Waals surface area contributed by atoms with Crippen LogP contribution < -0.4 is 10.5 Å². The fourth-order valence-electron chi connectivity index (χ4n) is 4.22. The van der Waals surface area contributed by atoms with Crippen LogP contribution in [0.4, 0.5) is 5.69 Å². The number of sulfonamides is 1. The largest absolute Gasteiger partial charge is 0.399 e. The highest BCUT2D eigenvalue weighted by atomic mass is 32.2. The molecule has 0 aliphatic heterocycles. The summed E-state index contributed by atoms with van der Waals surface area (Å²) in [5, 5.41) is 0. The Kier molecular flexibility index (Phi) is 3.97. The molecule has 0 saturated heterocycles. The van der Waals surface area contributed by atoms with Crippen LogP contribution in [-0.4, -0.2) is 14.5 Å². The van der Waals surface area contributed by atoms with E-state index >= 15 is 0 Å². The third-order valence-corrected chi connectivity index (χ3v) is 6.55. The summed E-state index contributed by atoms with van der Waals surface area (Å²) in [7, 11) is -3.31. The van der Waals surface area contributed by atoms with Crippen LogP contribution in [0.2, 0.25) is 0 Å². The van der Waals surface area contributed by atoms with Crippen LogP contribution in [-0.2, 0) is 15.8 Å². The molecule has 4 nitrogen and oxygen atoms in total. The lowest BCUT2D eigenvalue weighted by molar-refractivity contribution is 0.280. The molecule has 2 bridgehead atoms.